The zero-order valence-corrected chi connectivity index (χ0v) is 16.3. The van der Waals surface area contributed by atoms with E-state index in [1.807, 2.05) is 19.9 Å². The Morgan fingerprint density at radius 2 is 1.92 bits per heavy atom. The average Bonchev–Trinajstić information content (AvgIpc) is 3.26. The van der Waals surface area contributed by atoms with E-state index in [-0.39, 0.29) is 0 Å². The molecule has 1 aromatic carbocycles. The predicted molar refractivity (Wildman–Crippen MR) is 102 cm³/mol. The number of nitrogens with zero attached hydrogens (tertiary/aromatic N) is 2. The summed E-state index contributed by atoms with van der Waals surface area (Å²) in [6.45, 7) is 11.5. The topological polar surface area (TPSA) is 47.7 Å². The highest BCUT2D eigenvalue weighted by Crippen LogP contribution is 2.36. The molecule has 5 nitrogen and oxygen atoms in total. The molecule has 26 heavy (non-hydrogen) atoms. The second-order valence-electron chi connectivity index (χ2n) is 7.08. The van der Waals surface area contributed by atoms with E-state index in [0.717, 1.165) is 42.5 Å². The van der Waals surface area contributed by atoms with Crippen molar-refractivity contribution in [2.75, 3.05) is 19.8 Å². The van der Waals surface area contributed by atoms with Gasteiger partial charge in [0.05, 0.1) is 24.9 Å². The van der Waals surface area contributed by atoms with Gasteiger partial charge in [-0.15, -0.1) is 0 Å². The number of hydrogen-bond donors (Lipinski definition) is 0. The van der Waals surface area contributed by atoms with Gasteiger partial charge in [0.2, 0.25) is 0 Å². The molecule has 3 rings (SSSR count). The van der Waals surface area contributed by atoms with E-state index in [9.17, 15) is 0 Å². The van der Waals surface area contributed by atoms with E-state index in [2.05, 4.69) is 42.1 Å². The lowest BCUT2D eigenvalue weighted by Gasteiger charge is -2.23. The third kappa shape index (κ3) is 4.21. The molecule has 1 aliphatic heterocycles. The van der Waals surface area contributed by atoms with Crippen molar-refractivity contribution in [3.05, 3.63) is 41.3 Å². The van der Waals surface area contributed by atoms with Crippen molar-refractivity contribution in [1.82, 2.24) is 10.1 Å². The van der Waals surface area contributed by atoms with Crippen molar-refractivity contribution in [1.29, 1.82) is 0 Å². The molecule has 1 saturated heterocycles. The standard InChI is InChI=1S/C21H30N2O3/c1-5-24-19-10-9-16(12-21(19)25-6-2)14-23-11-7-8-18(23)20-13-17(15(3)4)22-26-20/h9-10,12-13,15,18H,5-8,11,14H2,1-4H3. The maximum absolute atomic E-state index is 5.76. The van der Waals surface area contributed by atoms with Crippen molar-refractivity contribution in [2.45, 2.75) is 59.0 Å². The first-order valence-electron chi connectivity index (χ1n) is 9.71. The molecule has 0 aliphatic carbocycles. The first-order valence-corrected chi connectivity index (χ1v) is 9.71. The van der Waals surface area contributed by atoms with Crippen LogP contribution in [-0.2, 0) is 6.54 Å². The van der Waals surface area contributed by atoms with Crippen molar-refractivity contribution in [2.24, 2.45) is 0 Å². The molecule has 0 amide bonds. The minimum absolute atomic E-state index is 0.303. The third-order valence-corrected chi connectivity index (χ3v) is 4.82. The minimum atomic E-state index is 0.303. The highest BCUT2D eigenvalue weighted by Gasteiger charge is 2.29. The van der Waals surface area contributed by atoms with Crippen LogP contribution in [0.3, 0.4) is 0 Å². The number of benzene rings is 1. The summed E-state index contributed by atoms with van der Waals surface area (Å²) in [5.74, 6) is 3.02. The minimum Gasteiger partial charge on any atom is -0.490 e. The van der Waals surface area contributed by atoms with E-state index < -0.39 is 0 Å². The number of ether oxygens (including phenoxy) is 2. The van der Waals surface area contributed by atoms with E-state index in [1.165, 1.54) is 12.0 Å². The fourth-order valence-electron chi connectivity index (χ4n) is 3.50. The van der Waals surface area contributed by atoms with Crippen LogP contribution in [-0.4, -0.2) is 29.8 Å². The Bertz CT molecular complexity index is 711. The van der Waals surface area contributed by atoms with Gasteiger partial charge >= 0.3 is 0 Å². The summed E-state index contributed by atoms with van der Waals surface area (Å²) in [5.41, 5.74) is 2.26. The summed E-state index contributed by atoms with van der Waals surface area (Å²) < 4.78 is 17.1. The zero-order valence-electron chi connectivity index (χ0n) is 16.3. The lowest BCUT2D eigenvalue weighted by Crippen LogP contribution is -2.22. The van der Waals surface area contributed by atoms with Crippen LogP contribution < -0.4 is 9.47 Å². The average molecular weight is 358 g/mol. The molecule has 0 N–H and O–H groups in total. The van der Waals surface area contributed by atoms with Crippen molar-refractivity contribution < 1.29 is 14.0 Å². The van der Waals surface area contributed by atoms with Gasteiger partial charge in [-0.2, -0.15) is 0 Å². The molecule has 0 spiro atoms. The van der Waals surface area contributed by atoms with E-state index in [4.69, 9.17) is 14.0 Å². The molecule has 1 fully saturated rings. The second kappa shape index (κ2) is 8.58. The molecule has 1 unspecified atom stereocenters. The van der Waals surface area contributed by atoms with Gasteiger partial charge in [-0.1, -0.05) is 25.1 Å². The van der Waals surface area contributed by atoms with Crippen LogP contribution in [0.1, 0.15) is 69.5 Å². The SMILES string of the molecule is CCOc1ccc(CN2CCCC2c2cc(C(C)C)no2)cc1OCC. The molecule has 0 bridgehead atoms. The summed E-state index contributed by atoms with van der Waals surface area (Å²) >= 11 is 0. The normalized spacial score (nSPS) is 17.8. The smallest absolute Gasteiger partial charge is 0.161 e. The highest BCUT2D eigenvalue weighted by atomic mass is 16.5. The lowest BCUT2D eigenvalue weighted by atomic mass is 10.1. The molecule has 0 radical (unpaired) electrons. The highest BCUT2D eigenvalue weighted by molar-refractivity contribution is 5.43. The molecule has 2 heterocycles. The molecule has 1 aromatic heterocycles. The van der Waals surface area contributed by atoms with Gasteiger partial charge < -0.3 is 14.0 Å². The molecule has 1 atom stereocenters. The Labute approximate surface area is 156 Å². The van der Waals surface area contributed by atoms with E-state index in [0.29, 0.717) is 25.2 Å². The molecule has 2 aromatic rings. The van der Waals surface area contributed by atoms with Crippen LogP contribution in [0.4, 0.5) is 0 Å². The van der Waals surface area contributed by atoms with E-state index in [1.54, 1.807) is 0 Å². The van der Waals surface area contributed by atoms with Crippen LogP contribution >= 0.6 is 0 Å². The number of rotatable bonds is 8. The quantitative estimate of drug-likeness (QED) is 0.669. The Kier molecular flexibility index (Phi) is 6.20. The Hall–Kier alpha value is -2.01. The van der Waals surface area contributed by atoms with E-state index >= 15 is 0 Å². The van der Waals surface area contributed by atoms with Gasteiger partial charge in [0.15, 0.2) is 17.3 Å². The third-order valence-electron chi connectivity index (χ3n) is 4.82. The first kappa shape index (κ1) is 18.8. The van der Waals surface area contributed by atoms with Crippen molar-refractivity contribution in [3.63, 3.8) is 0 Å². The summed E-state index contributed by atoms with van der Waals surface area (Å²) in [4.78, 5) is 2.47. The fourth-order valence-corrected chi connectivity index (χ4v) is 3.50. The summed E-state index contributed by atoms with van der Waals surface area (Å²) in [6.07, 6.45) is 2.29. The molecular formula is C21H30N2O3. The zero-order chi connectivity index (χ0) is 18.5. The molecule has 1 aliphatic rings. The molecule has 5 heteroatoms. The summed E-state index contributed by atoms with van der Waals surface area (Å²) in [6, 6.07) is 8.67. The van der Waals surface area contributed by atoms with Crippen LogP contribution in [0.15, 0.2) is 28.8 Å². The summed E-state index contributed by atoms with van der Waals surface area (Å²) in [7, 11) is 0. The molecule has 0 saturated carbocycles. The van der Waals surface area contributed by atoms with Gasteiger partial charge in [0.1, 0.15) is 0 Å². The Balaban J connectivity index is 1.75. The van der Waals surface area contributed by atoms with Gasteiger partial charge in [-0.05, 0) is 56.8 Å². The van der Waals surface area contributed by atoms with Gasteiger partial charge in [0.25, 0.3) is 0 Å². The van der Waals surface area contributed by atoms with Crippen LogP contribution in [0.2, 0.25) is 0 Å². The maximum Gasteiger partial charge on any atom is 0.161 e. The first-order chi connectivity index (χ1) is 12.6. The molecular weight excluding hydrogens is 328 g/mol. The largest absolute Gasteiger partial charge is 0.490 e. The number of likely N-dealkylation sites (tertiary alicyclic amines) is 1. The van der Waals surface area contributed by atoms with Gasteiger partial charge in [-0.25, -0.2) is 0 Å². The fraction of sp³-hybridized carbons (Fsp3) is 0.571. The number of aromatic nitrogens is 1. The Morgan fingerprint density at radius 1 is 1.15 bits per heavy atom. The Morgan fingerprint density at radius 3 is 2.62 bits per heavy atom. The van der Waals surface area contributed by atoms with Crippen LogP contribution in [0.25, 0.3) is 0 Å². The van der Waals surface area contributed by atoms with Crippen molar-refractivity contribution >= 4 is 0 Å². The van der Waals surface area contributed by atoms with Crippen LogP contribution in [0, 0.1) is 0 Å². The monoisotopic (exact) mass is 358 g/mol. The number of hydrogen-bond acceptors (Lipinski definition) is 5. The van der Waals surface area contributed by atoms with Gasteiger partial charge in [-0.3, -0.25) is 4.90 Å². The molecule has 142 valence electrons. The van der Waals surface area contributed by atoms with Gasteiger partial charge in [0, 0.05) is 12.6 Å². The summed E-state index contributed by atoms with van der Waals surface area (Å²) in [5, 5.41) is 4.23. The second-order valence-corrected chi connectivity index (χ2v) is 7.08. The maximum atomic E-state index is 5.76. The lowest BCUT2D eigenvalue weighted by molar-refractivity contribution is 0.206. The predicted octanol–water partition coefficient (Wildman–Crippen LogP) is 4.93. The van der Waals surface area contributed by atoms with Crippen LogP contribution in [0.5, 0.6) is 11.5 Å². The van der Waals surface area contributed by atoms with Crippen molar-refractivity contribution in [3.8, 4) is 11.5 Å².